The van der Waals surface area contributed by atoms with E-state index in [1.54, 1.807) is 21.8 Å². The van der Waals surface area contributed by atoms with Crippen molar-refractivity contribution in [3.05, 3.63) is 30.4 Å². The van der Waals surface area contributed by atoms with Crippen molar-refractivity contribution in [1.29, 1.82) is 0 Å². The van der Waals surface area contributed by atoms with Gasteiger partial charge in [0.1, 0.15) is 0 Å². The van der Waals surface area contributed by atoms with Crippen molar-refractivity contribution >= 4 is 11.6 Å². The summed E-state index contributed by atoms with van der Waals surface area (Å²) in [6.07, 6.45) is 7.63. The van der Waals surface area contributed by atoms with Gasteiger partial charge in [-0.05, 0) is 13.3 Å². The topological polar surface area (TPSA) is 74.0 Å². The first kappa shape index (κ1) is 13.8. The molecule has 2 aromatic heterocycles. The van der Waals surface area contributed by atoms with Crippen molar-refractivity contribution in [2.45, 2.75) is 26.0 Å². The maximum atomic E-state index is 12.4. The average molecular weight is 289 g/mol. The van der Waals surface area contributed by atoms with E-state index in [-0.39, 0.29) is 17.9 Å². The lowest BCUT2D eigenvalue weighted by Gasteiger charge is -2.16. The summed E-state index contributed by atoms with van der Waals surface area (Å²) in [5.41, 5.74) is 1.66. The third-order valence-electron chi connectivity index (χ3n) is 3.71. The van der Waals surface area contributed by atoms with Crippen LogP contribution in [0.2, 0.25) is 0 Å². The lowest BCUT2D eigenvalue weighted by Crippen LogP contribution is -2.25. The number of carbonyl (C=O) groups is 1. The molecule has 0 radical (unpaired) electrons. The molecule has 1 aliphatic heterocycles. The molecule has 0 aliphatic carbocycles. The first-order valence-electron chi connectivity index (χ1n) is 7.11. The molecule has 0 spiro atoms. The monoisotopic (exact) mass is 289 g/mol. The van der Waals surface area contributed by atoms with E-state index in [9.17, 15) is 4.79 Å². The van der Waals surface area contributed by atoms with Crippen LogP contribution in [0.1, 0.15) is 25.0 Å². The van der Waals surface area contributed by atoms with Gasteiger partial charge in [-0.15, -0.1) is 0 Å². The third kappa shape index (κ3) is 2.82. The zero-order valence-corrected chi connectivity index (χ0v) is 12.2. The van der Waals surface area contributed by atoms with E-state index in [1.165, 1.54) is 0 Å². The molecule has 1 saturated heterocycles. The Hall–Kier alpha value is -2.15. The van der Waals surface area contributed by atoms with Gasteiger partial charge >= 0.3 is 0 Å². The zero-order chi connectivity index (χ0) is 14.8. The van der Waals surface area contributed by atoms with Crippen LogP contribution in [0.15, 0.2) is 24.8 Å². The maximum absolute atomic E-state index is 12.4. The fourth-order valence-corrected chi connectivity index (χ4v) is 2.61. The van der Waals surface area contributed by atoms with Crippen LogP contribution in [0.5, 0.6) is 0 Å². The quantitative estimate of drug-likeness (QED) is 0.922. The molecule has 1 N–H and O–H groups in total. The van der Waals surface area contributed by atoms with Crippen molar-refractivity contribution in [1.82, 2.24) is 19.6 Å². The van der Waals surface area contributed by atoms with Gasteiger partial charge in [-0.3, -0.25) is 14.2 Å². The molecule has 1 amide bonds. The van der Waals surface area contributed by atoms with Gasteiger partial charge in [0.25, 0.3) is 0 Å². The molecule has 7 nitrogen and oxygen atoms in total. The number of aryl methyl sites for hydroxylation is 2. The third-order valence-corrected chi connectivity index (χ3v) is 3.71. The van der Waals surface area contributed by atoms with E-state index in [0.717, 1.165) is 17.8 Å². The van der Waals surface area contributed by atoms with Gasteiger partial charge < -0.3 is 10.1 Å². The number of hydrogen-bond donors (Lipinski definition) is 1. The van der Waals surface area contributed by atoms with Gasteiger partial charge in [-0.25, -0.2) is 0 Å². The number of hydrogen-bond acceptors (Lipinski definition) is 4. The Balaban J connectivity index is 1.71. The molecular formula is C14H19N5O2. The van der Waals surface area contributed by atoms with Crippen molar-refractivity contribution in [2.75, 3.05) is 11.9 Å². The number of carbonyl (C=O) groups excluding carboxylic acids is 1. The number of aromatic nitrogens is 4. The second-order valence-electron chi connectivity index (χ2n) is 5.21. The minimum absolute atomic E-state index is 0.0305. The highest BCUT2D eigenvalue weighted by Gasteiger charge is 2.36. The van der Waals surface area contributed by atoms with Crippen LogP contribution in [0.3, 0.4) is 0 Å². The summed E-state index contributed by atoms with van der Waals surface area (Å²) in [6, 6.07) is 0. The van der Waals surface area contributed by atoms with Crippen LogP contribution in [0.25, 0.3) is 0 Å². The fourth-order valence-electron chi connectivity index (χ4n) is 2.61. The Morgan fingerprint density at radius 1 is 1.43 bits per heavy atom. The Morgan fingerprint density at radius 2 is 2.29 bits per heavy atom. The average Bonchev–Trinajstić information content (AvgIpc) is 3.17. The molecule has 1 fully saturated rings. The number of ether oxygens (including phenoxy) is 1. The standard InChI is InChI=1S/C14H19N5O2/c1-3-19-9-11(7-16-19)17-14(20)12-4-5-21-13(12)10-6-15-18(2)8-10/h6-9,12-13H,3-5H2,1-2H3,(H,17,20)/t12-,13+/m0/s1. The van der Waals surface area contributed by atoms with E-state index in [4.69, 9.17) is 4.74 Å². The second kappa shape index (κ2) is 5.69. The van der Waals surface area contributed by atoms with Crippen molar-refractivity contribution in [3.8, 4) is 0 Å². The first-order valence-corrected chi connectivity index (χ1v) is 7.11. The van der Waals surface area contributed by atoms with Crippen molar-refractivity contribution in [2.24, 2.45) is 13.0 Å². The fraction of sp³-hybridized carbons (Fsp3) is 0.500. The SMILES string of the molecule is CCn1cc(NC(=O)[C@H]2CCO[C@@H]2c2cnn(C)c2)cn1. The van der Waals surface area contributed by atoms with Crippen LogP contribution >= 0.6 is 0 Å². The van der Waals surface area contributed by atoms with Crippen molar-refractivity contribution in [3.63, 3.8) is 0 Å². The van der Waals surface area contributed by atoms with E-state index in [2.05, 4.69) is 15.5 Å². The normalized spacial score (nSPS) is 21.6. The number of anilines is 1. The van der Waals surface area contributed by atoms with Crippen LogP contribution < -0.4 is 5.32 Å². The summed E-state index contributed by atoms with van der Waals surface area (Å²) >= 11 is 0. The highest BCUT2D eigenvalue weighted by molar-refractivity contribution is 5.92. The lowest BCUT2D eigenvalue weighted by atomic mass is 9.96. The number of nitrogens with one attached hydrogen (secondary N) is 1. The molecule has 112 valence electrons. The van der Waals surface area contributed by atoms with Gasteiger partial charge in [-0.1, -0.05) is 0 Å². The molecule has 3 rings (SSSR count). The predicted molar refractivity (Wildman–Crippen MR) is 76.5 cm³/mol. The van der Waals surface area contributed by atoms with E-state index >= 15 is 0 Å². The highest BCUT2D eigenvalue weighted by atomic mass is 16.5. The number of rotatable bonds is 4. The zero-order valence-electron chi connectivity index (χ0n) is 12.2. The number of nitrogens with zero attached hydrogens (tertiary/aromatic N) is 4. The summed E-state index contributed by atoms with van der Waals surface area (Å²) in [4.78, 5) is 12.4. The van der Waals surface area contributed by atoms with Gasteiger partial charge in [0, 0.05) is 38.2 Å². The molecule has 2 atom stereocenters. The maximum Gasteiger partial charge on any atom is 0.230 e. The molecule has 7 heteroatoms. The molecule has 0 bridgehead atoms. The minimum atomic E-state index is -0.222. The second-order valence-corrected chi connectivity index (χ2v) is 5.21. The van der Waals surface area contributed by atoms with Crippen molar-refractivity contribution < 1.29 is 9.53 Å². The molecule has 0 unspecified atom stereocenters. The van der Waals surface area contributed by atoms with Crippen LogP contribution in [0.4, 0.5) is 5.69 Å². The molecule has 21 heavy (non-hydrogen) atoms. The Bertz CT molecular complexity index is 633. The van der Waals surface area contributed by atoms with Crippen LogP contribution in [0, 0.1) is 5.92 Å². The molecule has 1 aliphatic rings. The molecular weight excluding hydrogens is 270 g/mol. The Morgan fingerprint density at radius 3 is 2.95 bits per heavy atom. The van der Waals surface area contributed by atoms with Crippen LogP contribution in [-0.2, 0) is 23.1 Å². The molecule has 2 aromatic rings. The van der Waals surface area contributed by atoms with Gasteiger partial charge in [0.15, 0.2) is 0 Å². The minimum Gasteiger partial charge on any atom is -0.373 e. The lowest BCUT2D eigenvalue weighted by molar-refractivity contribution is -0.121. The van der Waals surface area contributed by atoms with E-state index < -0.39 is 0 Å². The van der Waals surface area contributed by atoms with E-state index in [0.29, 0.717) is 13.0 Å². The molecule has 0 saturated carbocycles. The Kier molecular flexibility index (Phi) is 3.74. The summed E-state index contributed by atoms with van der Waals surface area (Å²) in [7, 11) is 1.85. The largest absolute Gasteiger partial charge is 0.373 e. The summed E-state index contributed by atoms with van der Waals surface area (Å²) in [5.74, 6) is -0.226. The van der Waals surface area contributed by atoms with Gasteiger partial charge in [0.05, 0.1) is 30.1 Å². The van der Waals surface area contributed by atoms with E-state index in [1.807, 2.05) is 26.4 Å². The molecule has 0 aromatic carbocycles. The predicted octanol–water partition coefficient (Wildman–Crippen LogP) is 1.35. The molecule has 3 heterocycles. The van der Waals surface area contributed by atoms with Gasteiger partial charge in [0.2, 0.25) is 5.91 Å². The Labute approximate surface area is 122 Å². The summed E-state index contributed by atoms with van der Waals surface area (Å²) in [5, 5.41) is 11.2. The smallest absolute Gasteiger partial charge is 0.230 e. The summed E-state index contributed by atoms with van der Waals surface area (Å²) < 4.78 is 9.21. The van der Waals surface area contributed by atoms with Gasteiger partial charge in [-0.2, -0.15) is 10.2 Å². The first-order chi connectivity index (χ1) is 10.2. The number of amides is 1. The van der Waals surface area contributed by atoms with Crippen LogP contribution in [-0.4, -0.2) is 32.1 Å². The summed E-state index contributed by atoms with van der Waals surface area (Å²) in [6.45, 7) is 3.37. The highest BCUT2D eigenvalue weighted by Crippen LogP contribution is 2.35.